The molecule has 3 heteroatoms. The Balaban J connectivity index is 4.19. The first-order valence-corrected chi connectivity index (χ1v) is 5.05. The molecule has 0 fully saturated rings. The minimum atomic E-state index is -0.458. The summed E-state index contributed by atoms with van der Waals surface area (Å²) in [4.78, 5) is 11.4. The SMILES string of the molecule is C=C/C=C(\C)C(C)NC(=O)OC(C)(C)C. The van der Waals surface area contributed by atoms with Gasteiger partial charge in [-0.3, -0.25) is 0 Å². The number of allylic oxidation sites excluding steroid dienone is 2. The lowest BCUT2D eigenvalue weighted by Gasteiger charge is -2.22. The van der Waals surface area contributed by atoms with Gasteiger partial charge in [-0.05, 0) is 34.6 Å². The standard InChI is InChI=1S/C12H21NO2/c1-7-8-9(2)10(3)13-11(14)15-12(4,5)6/h7-8,10H,1H2,2-6H3,(H,13,14)/b9-8+. The minimum absolute atomic E-state index is 0.0437. The van der Waals surface area contributed by atoms with Crippen molar-refractivity contribution in [2.24, 2.45) is 0 Å². The molecular formula is C12H21NO2. The highest BCUT2D eigenvalue weighted by molar-refractivity contribution is 5.68. The average molecular weight is 211 g/mol. The molecule has 0 radical (unpaired) electrons. The molecule has 1 amide bonds. The molecule has 0 aliphatic rings. The van der Waals surface area contributed by atoms with Crippen LogP contribution in [0.1, 0.15) is 34.6 Å². The maximum atomic E-state index is 11.4. The van der Waals surface area contributed by atoms with Crippen LogP contribution in [0.3, 0.4) is 0 Å². The number of alkyl carbamates (subject to hydrolysis) is 1. The Kier molecular flexibility index (Phi) is 5.12. The largest absolute Gasteiger partial charge is 0.444 e. The molecule has 0 saturated carbocycles. The predicted octanol–water partition coefficient (Wildman–Crippen LogP) is 3.03. The van der Waals surface area contributed by atoms with Gasteiger partial charge in [0.1, 0.15) is 5.60 Å². The molecule has 86 valence electrons. The molecule has 1 unspecified atom stereocenters. The van der Waals surface area contributed by atoms with Crippen LogP contribution in [0, 0.1) is 0 Å². The highest BCUT2D eigenvalue weighted by Gasteiger charge is 2.17. The third kappa shape index (κ3) is 6.77. The van der Waals surface area contributed by atoms with Crippen LogP contribution in [-0.4, -0.2) is 17.7 Å². The van der Waals surface area contributed by atoms with Gasteiger partial charge in [0.15, 0.2) is 0 Å². The summed E-state index contributed by atoms with van der Waals surface area (Å²) in [5.74, 6) is 0. The molecule has 0 rings (SSSR count). The van der Waals surface area contributed by atoms with Crippen molar-refractivity contribution in [3.8, 4) is 0 Å². The maximum Gasteiger partial charge on any atom is 0.408 e. The Morgan fingerprint density at radius 2 is 2.00 bits per heavy atom. The molecule has 0 spiro atoms. The summed E-state index contributed by atoms with van der Waals surface area (Å²) in [6, 6.07) is -0.0437. The fourth-order valence-corrected chi connectivity index (χ4v) is 0.928. The average Bonchev–Trinajstić information content (AvgIpc) is 2.00. The second-order valence-corrected chi connectivity index (χ2v) is 4.51. The van der Waals surface area contributed by atoms with E-state index in [-0.39, 0.29) is 6.04 Å². The zero-order chi connectivity index (χ0) is 12.1. The lowest BCUT2D eigenvalue weighted by molar-refractivity contribution is 0.0515. The zero-order valence-electron chi connectivity index (χ0n) is 10.3. The van der Waals surface area contributed by atoms with E-state index in [1.54, 1.807) is 6.08 Å². The van der Waals surface area contributed by atoms with Crippen molar-refractivity contribution in [1.29, 1.82) is 0 Å². The summed E-state index contributed by atoms with van der Waals surface area (Å²) in [5, 5.41) is 2.74. The number of ether oxygens (including phenoxy) is 1. The third-order valence-electron chi connectivity index (χ3n) is 1.80. The molecule has 0 bridgehead atoms. The number of nitrogens with one attached hydrogen (secondary N) is 1. The highest BCUT2D eigenvalue weighted by Crippen LogP contribution is 2.08. The van der Waals surface area contributed by atoms with Crippen molar-refractivity contribution >= 4 is 6.09 Å². The molecule has 0 aliphatic heterocycles. The summed E-state index contributed by atoms with van der Waals surface area (Å²) < 4.78 is 5.13. The number of hydrogen-bond donors (Lipinski definition) is 1. The normalized spacial score (nSPS) is 14.3. The van der Waals surface area contributed by atoms with Gasteiger partial charge < -0.3 is 10.1 Å². The Labute approximate surface area is 92.2 Å². The van der Waals surface area contributed by atoms with Crippen LogP contribution in [0.25, 0.3) is 0 Å². The van der Waals surface area contributed by atoms with E-state index in [9.17, 15) is 4.79 Å². The molecule has 1 atom stereocenters. The number of hydrogen-bond acceptors (Lipinski definition) is 2. The van der Waals surface area contributed by atoms with Gasteiger partial charge in [0.05, 0.1) is 6.04 Å². The molecular weight excluding hydrogens is 190 g/mol. The van der Waals surface area contributed by atoms with Crippen LogP contribution in [0.4, 0.5) is 4.79 Å². The lowest BCUT2D eigenvalue weighted by atomic mass is 10.1. The Morgan fingerprint density at radius 3 is 2.40 bits per heavy atom. The highest BCUT2D eigenvalue weighted by atomic mass is 16.6. The quantitative estimate of drug-likeness (QED) is 0.729. The van der Waals surface area contributed by atoms with E-state index in [4.69, 9.17) is 4.74 Å². The van der Waals surface area contributed by atoms with E-state index in [1.807, 2.05) is 40.7 Å². The van der Waals surface area contributed by atoms with Crippen LogP contribution < -0.4 is 5.32 Å². The van der Waals surface area contributed by atoms with Crippen LogP contribution in [0.5, 0.6) is 0 Å². The first kappa shape index (κ1) is 13.8. The second-order valence-electron chi connectivity index (χ2n) is 4.51. The van der Waals surface area contributed by atoms with E-state index in [2.05, 4.69) is 11.9 Å². The topological polar surface area (TPSA) is 38.3 Å². The molecule has 0 aromatic rings. The smallest absolute Gasteiger partial charge is 0.408 e. The van der Waals surface area contributed by atoms with Gasteiger partial charge in [-0.15, -0.1) is 0 Å². The summed E-state index contributed by atoms with van der Waals surface area (Å²) in [6.45, 7) is 12.9. The second kappa shape index (κ2) is 5.59. The molecule has 0 aliphatic carbocycles. The van der Waals surface area contributed by atoms with Crippen LogP contribution in [0.2, 0.25) is 0 Å². The van der Waals surface area contributed by atoms with Crippen molar-refractivity contribution < 1.29 is 9.53 Å². The van der Waals surface area contributed by atoms with E-state index in [0.29, 0.717) is 0 Å². The van der Waals surface area contributed by atoms with Gasteiger partial charge in [0.25, 0.3) is 0 Å². The van der Waals surface area contributed by atoms with Gasteiger partial charge in [0, 0.05) is 0 Å². The van der Waals surface area contributed by atoms with Crippen molar-refractivity contribution in [2.75, 3.05) is 0 Å². The summed E-state index contributed by atoms with van der Waals surface area (Å²) in [5.41, 5.74) is 0.579. The van der Waals surface area contributed by atoms with E-state index >= 15 is 0 Å². The molecule has 0 heterocycles. The zero-order valence-corrected chi connectivity index (χ0v) is 10.3. The molecule has 15 heavy (non-hydrogen) atoms. The van der Waals surface area contributed by atoms with E-state index in [1.165, 1.54) is 0 Å². The molecule has 1 N–H and O–H groups in total. The Bertz CT molecular complexity index is 261. The van der Waals surface area contributed by atoms with Crippen molar-refractivity contribution in [2.45, 2.75) is 46.3 Å². The van der Waals surface area contributed by atoms with Gasteiger partial charge in [-0.2, -0.15) is 0 Å². The number of carbonyl (C=O) groups is 1. The van der Waals surface area contributed by atoms with Gasteiger partial charge >= 0.3 is 6.09 Å². The minimum Gasteiger partial charge on any atom is -0.444 e. The molecule has 0 aromatic heterocycles. The van der Waals surface area contributed by atoms with Crippen LogP contribution in [0.15, 0.2) is 24.3 Å². The fourth-order valence-electron chi connectivity index (χ4n) is 0.928. The first-order chi connectivity index (χ1) is 6.76. The van der Waals surface area contributed by atoms with Crippen molar-refractivity contribution in [3.63, 3.8) is 0 Å². The van der Waals surface area contributed by atoms with Crippen molar-refractivity contribution in [1.82, 2.24) is 5.32 Å². The van der Waals surface area contributed by atoms with Crippen molar-refractivity contribution in [3.05, 3.63) is 24.3 Å². The first-order valence-electron chi connectivity index (χ1n) is 5.05. The number of rotatable bonds is 3. The lowest BCUT2D eigenvalue weighted by Crippen LogP contribution is -2.38. The third-order valence-corrected chi connectivity index (χ3v) is 1.80. The molecule has 0 saturated heterocycles. The number of carbonyl (C=O) groups excluding carboxylic acids is 1. The Morgan fingerprint density at radius 1 is 1.47 bits per heavy atom. The van der Waals surface area contributed by atoms with Gasteiger partial charge in [-0.25, -0.2) is 4.79 Å². The summed E-state index contributed by atoms with van der Waals surface area (Å²) in [7, 11) is 0. The maximum absolute atomic E-state index is 11.4. The predicted molar refractivity (Wildman–Crippen MR) is 62.8 cm³/mol. The van der Waals surface area contributed by atoms with E-state index in [0.717, 1.165) is 5.57 Å². The monoisotopic (exact) mass is 211 g/mol. The van der Waals surface area contributed by atoms with E-state index < -0.39 is 11.7 Å². The molecule has 0 aromatic carbocycles. The van der Waals surface area contributed by atoms with Crippen LogP contribution in [-0.2, 0) is 4.74 Å². The Hall–Kier alpha value is -1.25. The molecule has 3 nitrogen and oxygen atoms in total. The summed E-state index contributed by atoms with van der Waals surface area (Å²) in [6.07, 6.45) is 3.16. The van der Waals surface area contributed by atoms with Gasteiger partial charge in [0.2, 0.25) is 0 Å². The fraction of sp³-hybridized carbons (Fsp3) is 0.583. The number of amides is 1. The van der Waals surface area contributed by atoms with Gasteiger partial charge in [-0.1, -0.05) is 24.3 Å². The summed E-state index contributed by atoms with van der Waals surface area (Å²) >= 11 is 0. The van der Waals surface area contributed by atoms with Crippen LogP contribution >= 0.6 is 0 Å².